The zero-order chi connectivity index (χ0) is 14.8. The molecule has 8 heteroatoms. The molecule has 2 aromatic rings. The summed E-state index contributed by atoms with van der Waals surface area (Å²) in [5, 5.41) is 6.28. The maximum absolute atomic E-state index is 12.3. The Morgan fingerprint density at radius 3 is 2.80 bits per heavy atom. The van der Waals surface area contributed by atoms with Crippen LogP contribution in [0.25, 0.3) is 0 Å². The molecule has 0 spiro atoms. The van der Waals surface area contributed by atoms with E-state index in [-0.39, 0.29) is 11.4 Å². The number of hydrogen-bond acceptors (Lipinski definition) is 5. The number of methoxy groups -OCH3 is 1. The van der Waals surface area contributed by atoms with Gasteiger partial charge in [-0.25, -0.2) is 13.1 Å². The SMILES string of the molecule is COc1ccc(C)cc1S(=O)(=O)NCc1cn[nH]c1N. The predicted octanol–water partition coefficient (Wildman–Crippen LogP) is 0.787. The van der Waals surface area contributed by atoms with Crippen molar-refractivity contribution in [2.24, 2.45) is 0 Å². The first kappa shape index (κ1) is 14.4. The second-order valence-electron chi connectivity index (χ2n) is 4.29. The molecule has 0 saturated carbocycles. The molecule has 0 fully saturated rings. The summed E-state index contributed by atoms with van der Waals surface area (Å²) in [6, 6.07) is 4.96. The minimum Gasteiger partial charge on any atom is -0.495 e. The van der Waals surface area contributed by atoms with Crippen LogP contribution < -0.4 is 15.2 Å². The van der Waals surface area contributed by atoms with Crippen LogP contribution in [0, 0.1) is 6.92 Å². The van der Waals surface area contributed by atoms with Crippen LogP contribution in [0.3, 0.4) is 0 Å². The normalized spacial score (nSPS) is 11.5. The minimum atomic E-state index is -3.69. The van der Waals surface area contributed by atoms with Crippen molar-refractivity contribution in [1.29, 1.82) is 0 Å². The Labute approximate surface area is 117 Å². The fraction of sp³-hybridized carbons (Fsp3) is 0.250. The van der Waals surface area contributed by atoms with Crippen LogP contribution in [0.2, 0.25) is 0 Å². The number of ether oxygens (including phenoxy) is 1. The van der Waals surface area contributed by atoms with Crippen LogP contribution in [0.15, 0.2) is 29.3 Å². The van der Waals surface area contributed by atoms with Crippen LogP contribution in [0.4, 0.5) is 5.82 Å². The lowest BCUT2D eigenvalue weighted by molar-refractivity contribution is 0.402. The van der Waals surface area contributed by atoms with Gasteiger partial charge in [0.15, 0.2) is 0 Å². The van der Waals surface area contributed by atoms with E-state index in [2.05, 4.69) is 14.9 Å². The third-order valence-electron chi connectivity index (χ3n) is 2.81. The fourth-order valence-corrected chi connectivity index (χ4v) is 2.96. The minimum absolute atomic E-state index is 0.0573. The first-order valence-electron chi connectivity index (χ1n) is 5.86. The zero-order valence-corrected chi connectivity index (χ0v) is 12.0. The van der Waals surface area contributed by atoms with Crippen molar-refractivity contribution in [2.45, 2.75) is 18.4 Å². The molecule has 2 rings (SSSR count). The molecule has 0 radical (unpaired) electrons. The molecule has 1 heterocycles. The van der Waals surface area contributed by atoms with Crippen molar-refractivity contribution < 1.29 is 13.2 Å². The summed E-state index contributed by atoms with van der Waals surface area (Å²) in [5.74, 6) is 0.632. The lowest BCUT2D eigenvalue weighted by atomic mass is 10.2. The summed E-state index contributed by atoms with van der Waals surface area (Å²) in [6.07, 6.45) is 1.48. The van der Waals surface area contributed by atoms with Gasteiger partial charge in [-0.15, -0.1) is 0 Å². The number of hydrogen-bond donors (Lipinski definition) is 3. The lowest BCUT2D eigenvalue weighted by Crippen LogP contribution is -2.24. The molecular formula is C12H16N4O3S. The molecule has 0 atom stereocenters. The molecule has 20 heavy (non-hydrogen) atoms. The highest BCUT2D eigenvalue weighted by Gasteiger charge is 2.20. The number of nitrogens with one attached hydrogen (secondary N) is 2. The molecule has 1 aromatic carbocycles. The third-order valence-corrected chi connectivity index (χ3v) is 4.24. The van der Waals surface area contributed by atoms with E-state index >= 15 is 0 Å². The number of nitrogens with two attached hydrogens (primary N) is 1. The van der Waals surface area contributed by atoms with Crippen molar-refractivity contribution in [3.05, 3.63) is 35.5 Å². The Balaban J connectivity index is 2.26. The number of anilines is 1. The van der Waals surface area contributed by atoms with E-state index in [0.717, 1.165) is 5.56 Å². The molecule has 0 aliphatic rings. The third kappa shape index (κ3) is 2.91. The zero-order valence-electron chi connectivity index (χ0n) is 11.2. The summed E-state index contributed by atoms with van der Waals surface area (Å²) in [7, 11) is -2.26. The van der Waals surface area contributed by atoms with Gasteiger partial charge in [-0.3, -0.25) is 5.10 Å². The van der Waals surface area contributed by atoms with Gasteiger partial charge in [0.2, 0.25) is 10.0 Å². The van der Waals surface area contributed by atoms with Gasteiger partial charge in [0.1, 0.15) is 16.5 Å². The number of rotatable bonds is 5. The van der Waals surface area contributed by atoms with E-state index in [1.54, 1.807) is 18.2 Å². The Hall–Kier alpha value is -2.06. The molecule has 0 bridgehead atoms. The van der Waals surface area contributed by atoms with Gasteiger partial charge in [0.05, 0.1) is 13.3 Å². The predicted molar refractivity (Wildman–Crippen MR) is 74.8 cm³/mol. The molecule has 0 unspecified atom stereocenters. The highest BCUT2D eigenvalue weighted by Crippen LogP contribution is 2.24. The number of H-pyrrole nitrogens is 1. The highest BCUT2D eigenvalue weighted by atomic mass is 32.2. The monoisotopic (exact) mass is 296 g/mol. The van der Waals surface area contributed by atoms with Crippen LogP contribution in [0.5, 0.6) is 5.75 Å². The molecule has 0 saturated heterocycles. The molecule has 0 amide bonds. The van der Waals surface area contributed by atoms with Gasteiger partial charge >= 0.3 is 0 Å². The maximum atomic E-state index is 12.3. The molecule has 0 aliphatic carbocycles. The van der Waals surface area contributed by atoms with Crippen molar-refractivity contribution in [2.75, 3.05) is 12.8 Å². The Kier molecular flexibility index (Phi) is 3.96. The van der Waals surface area contributed by atoms with Gasteiger partial charge in [-0.05, 0) is 24.6 Å². The average Bonchev–Trinajstić information content (AvgIpc) is 2.82. The van der Waals surface area contributed by atoms with Gasteiger partial charge in [0.25, 0.3) is 0 Å². The summed E-state index contributed by atoms with van der Waals surface area (Å²) in [4.78, 5) is 0.0991. The molecule has 0 aliphatic heterocycles. The standard InChI is InChI=1S/C12H16N4O3S/c1-8-3-4-10(19-2)11(5-8)20(17,18)15-7-9-6-14-16-12(9)13/h3-6,15H,7H2,1-2H3,(H3,13,14,16). The number of nitrogens with zero attached hydrogens (tertiary/aromatic N) is 1. The molecule has 7 nitrogen and oxygen atoms in total. The van der Waals surface area contributed by atoms with Crippen molar-refractivity contribution >= 4 is 15.8 Å². The van der Waals surface area contributed by atoms with E-state index in [1.165, 1.54) is 13.3 Å². The number of aromatic amines is 1. The first-order valence-corrected chi connectivity index (χ1v) is 7.34. The van der Waals surface area contributed by atoms with Gasteiger partial charge < -0.3 is 10.5 Å². The number of aryl methyl sites for hydroxylation is 1. The van der Waals surface area contributed by atoms with E-state index in [4.69, 9.17) is 10.5 Å². The number of benzene rings is 1. The summed E-state index contributed by atoms with van der Waals surface area (Å²) < 4.78 is 32.2. The van der Waals surface area contributed by atoms with Crippen LogP contribution in [-0.4, -0.2) is 25.7 Å². The van der Waals surface area contributed by atoms with Crippen molar-refractivity contribution in [1.82, 2.24) is 14.9 Å². The summed E-state index contributed by atoms with van der Waals surface area (Å²) in [5.41, 5.74) is 7.02. The Morgan fingerprint density at radius 2 is 2.20 bits per heavy atom. The largest absolute Gasteiger partial charge is 0.495 e. The molecular weight excluding hydrogens is 280 g/mol. The topological polar surface area (TPSA) is 110 Å². The Bertz CT molecular complexity index is 709. The first-order chi connectivity index (χ1) is 9.44. The van der Waals surface area contributed by atoms with E-state index in [9.17, 15) is 8.42 Å². The second kappa shape index (κ2) is 5.51. The summed E-state index contributed by atoms with van der Waals surface area (Å²) in [6.45, 7) is 1.87. The van der Waals surface area contributed by atoms with Gasteiger partial charge in [-0.2, -0.15) is 5.10 Å². The van der Waals surface area contributed by atoms with Crippen LogP contribution in [-0.2, 0) is 16.6 Å². The Morgan fingerprint density at radius 1 is 1.45 bits per heavy atom. The van der Waals surface area contributed by atoms with Gasteiger partial charge in [-0.1, -0.05) is 6.07 Å². The van der Waals surface area contributed by atoms with Crippen molar-refractivity contribution in [3.63, 3.8) is 0 Å². The van der Waals surface area contributed by atoms with Gasteiger partial charge in [0, 0.05) is 12.1 Å². The highest BCUT2D eigenvalue weighted by molar-refractivity contribution is 7.89. The van der Waals surface area contributed by atoms with Crippen molar-refractivity contribution in [3.8, 4) is 5.75 Å². The van der Waals surface area contributed by atoms with Crippen LogP contribution in [0.1, 0.15) is 11.1 Å². The molecule has 1 aromatic heterocycles. The molecule has 108 valence electrons. The lowest BCUT2D eigenvalue weighted by Gasteiger charge is -2.11. The van der Waals surface area contributed by atoms with E-state index in [0.29, 0.717) is 17.1 Å². The quantitative estimate of drug-likeness (QED) is 0.755. The number of nitrogen functional groups attached to an aromatic ring is 1. The average molecular weight is 296 g/mol. The smallest absolute Gasteiger partial charge is 0.244 e. The second-order valence-corrected chi connectivity index (χ2v) is 6.02. The fourth-order valence-electron chi connectivity index (χ4n) is 1.71. The molecule has 4 N–H and O–H groups in total. The van der Waals surface area contributed by atoms with E-state index < -0.39 is 10.0 Å². The number of aromatic nitrogens is 2. The maximum Gasteiger partial charge on any atom is 0.244 e. The summed E-state index contributed by atoms with van der Waals surface area (Å²) >= 11 is 0. The van der Waals surface area contributed by atoms with Crippen LogP contribution >= 0.6 is 0 Å². The van der Waals surface area contributed by atoms with E-state index in [1.807, 2.05) is 6.92 Å². The number of sulfonamides is 1.